The molecule has 0 saturated carbocycles. The number of ketones is 1. The average Bonchev–Trinajstić information content (AvgIpc) is 3.25. The van der Waals surface area contributed by atoms with E-state index in [-0.39, 0.29) is 36.1 Å². The topological polar surface area (TPSA) is 115 Å². The number of benzene rings is 2. The summed E-state index contributed by atoms with van der Waals surface area (Å²) in [5.41, 5.74) is 2.38. The van der Waals surface area contributed by atoms with Gasteiger partial charge in [0.2, 0.25) is 5.76 Å². The van der Waals surface area contributed by atoms with Gasteiger partial charge in [0, 0.05) is 10.9 Å². The Hall–Kier alpha value is -3.36. The zero-order valence-electron chi connectivity index (χ0n) is 19.6. The lowest BCUT2D eigenvalue weighted by Crippen LogP contribution is -2.24. The lowest BCUT2D eigenvalue weighted by molar-refractivity contribution is -0.256. The second-order valence-electron chi connectivity index (χ2n) is 8.06. The molecule has 2 N–H and O–H groups in total. The van der Waals surface area contributed by atoms with Gasteiger partial charge in [-0.05, 0) is 43.5 Å². The molecule has 8 heteroatoms. The van der Waals surface area contributed by atoms with Crippen molar-refractivity contribution in [1.82, 2.24) is 0 Å². The van der Waals surface area contributed by atoms with E-state index in [2.05, 4.69) is 6.92 Å². The Balaban J connectivity index is 1.54. The van der Waals surface area contributed by atoms with Crippen LogP contribution in [0.1, 0.15) is 65.7 Å². The van der Waals surface area contributed by atoms with Crippen LogP contribution in [-0.4, -0.2) is 41.3 Å². The zero-order chi connectivity index (χ0) is 24.7. The van der Waals surface area contributed by atoms with Crippen LogP contribution in [0, 0.1) is 0 Å². The van der Waals surface area contributed by atoms with E-state index in [9.17, 15) is 19.8 Å². The molecule has 0 aliphatic heterocycles. The van der Waals surface area contributed by atoms with Crippen LogP contribution < -0.4 is 4.74 Å². The molecule has 1 atom stereocenters. The van der Waals surface area contributed by atoms with E-state index in [1.165, 1.54) is 13.0 Å². The van der Waals surface area contributed by atoms with Gasteiger partial charge in [-0.15, -0.1) is 0 Å². The number of fused-ring (bicyclic) bond motifs is 1. The Kier molecular flexibility index (Phi) is 8.67. The third-order valence-electron chi connectivity index (χ3n) is 5.29. The molecule has 34 heavy (non-hydrogen) atoms. The van der Waals surface area contributed by atoms with E-state index in [0.29, 0.717) is 23.3 Å². The van der Waals surface area contributed by atoms with E-state index >= 15 is 0 Å². The predicted molar refractivity (Wildman–Crippen MR) is 125 cm³/mol. The summed E-state index contributed by atoms with van der Waals surface area (Å²) in [5, 5.41) is 21.3. The molecule has 0 aliphatic carbocycles. The van der Waals surface area contributed by atoms with E-state index in [4.69, 9.17) is 18.9 Å². The minimum atomic E-state index is -1.11. The largest absolute Gasteiger partial charge is 0.507 e. The van der Waals surface area contributed by atoms with Gasteiger partial charge in [-0.3, -0.25) is 9.68 Å². The number of aryl methyl sites for hydroxylation is 1. The number of hydrogen-bond donors (Lipinski definition) is 2. The van der Waals surface area contributed by atoms with E-state index in [0.717, 1.165) is 30.2 Å². The molecule has 2 aromatic carbocycles. The van der Waals surface area contributed by atoms with E-state index < -0.39 is 12.1 Å². The highest BCUT2D eigenvalue weighted by molar-refractivity contribution is 5.97. The summed E-state index contributed by atoms with van der Waals surface area (Å²) in [6, 6.07) is 10.4. The molecule has 0 fully saturated rings. The molecule has 3 rings (SSSR count). The number of aliphatic hydroxyl groups excluding tert-OH is 1. The monoisotopic (exact) mass is 470 g/mol. The summed E-state index contributed by atoms with van der Waals surface area (Å²) in [5.74, 6) is -0.788. The second kappa shape index (κ2) is 11.7. The van der Waals surface area contributed by atoms with Crippen LogP contribution in [0.25, 0.3) is 11.0 Å². The first-order valence-corrected chi connectivity index (χ1v) is 11.4. The van der Waals surface area contributed by atoms with Gasteiger partial charge in [0.1, 0.15) is 36.4 Å². The first-order valence-electron chi connectivity index (χ1n) is 11.4. The van der Waals surface area contributed by atoms with Crippen molar-refractivity contribution in [2.75, 3.05) is 13.2 Å². The molecule has 3 aromatic rings. The Morgan fingerprint density at radius 1 is 1.06 bits per heavy atom. The van der Waals surface area contributed by atoms with Crippen LogP contribution in [0.2, 0.25) is 0 Å². The van der Waals surface area contributed by atoms with Gasteiger partial charge in [0.25, 0.3) is 0 Å². The third-order valence-corrected chi connectivity index (χ3v) is 5.29. The van der Waals surface area contributed by atoms with E-state index in [1.54, 1.807) is 12.1 Å². The molecule has 0 bridgehead atoms. The summed E-state index contributed by atoms with van der Waals surface area (Å²) in [6.07, 6.45) is 1.91. The summed E-state index contributed by atoms with van der Waals surface area (Å²) in [4.78, 5) is 33.6. The predicted octanol–water partition coefficient (Wildman–Crippen LogP) is 4.77. The van der Waals surface area contributed by atoms with Gasteiger partial charge in [-0.25, -0.2) is 4.79 Å². The van der Waals surface area contributed by atoms with Crippen molar-refractivity contribution in [3.63, 3.8) is 0 Å². The highest BCUT2D eigenvalue weighted by Crippen LogP contribution is 2.33. The quantitative estimate of drug-likeness (QED) is 0.221. The Morgan fingerprint density at radius 3 is 2.53 bits per heavy atom. The van der Waals surface area contributed by atoms with E-state index in [1.807, 2.05) is 25.1 Å². The molecule has 0 aliphatic rings. The molecular formula is C26H30O8. The number of phenols is 1. The van der Waals surface area contributed by atoms with Crippen molar-refractivity contribution in [2.45, 2.75) is 52.6 Å². The van der Waals surface area contributed by atoms with Gasteiger partial charge in [-0.2, -0.15) is 4.89 Å². The zero-order valence-corrected chi connectivity index (χ0v) is 19.6. The van der Waals surface area contributed by atoms with Crippen molar-refractivity contribution < 1.29 is 38.7 Å². The maximum absolute atomic E-state index is 12.3. The number of Topliss-reactive ketones (excluding diaryl/α,β-unsaturated/α-hetero) is 1. The summed E-state index contributed by atoms with van der Waals surface area (Å²) in [7, 11) is 0. The first-order chi connectivity index (χ1) is 16.3. The fourth-order valence-electron chi connectivity index (χ4n) is 3.66. The Morgan fingerprint density at radius 2 is 1.82 bits per heavy atom. The lowest BCUT2D eigenvalue weighted by atomic mass is 10.0. The number of rotatable bonds is 12. The molecule has 1 unspecified atom stereocenters. The highest BCUT2D eigenvalue weighted by atomic mass is 17.2. The first kappa shape index (κ1) is 25.3. The number of aromatic hydroxyl groups is 1. The smallest absolute Gasteiger partial charge is 0.407 e. The highest BCUT2D eigenvalue weighted by Gasteiger charge is 2.19. The summed E-state index contributed by atoms with van der Waals surface area (Å²) >= 11 is 0. The number of para-hydroxylation sites is 1. The normalized spacial score (nSPS) is 12.0. The lowest BCUT2D eigenvalue weighted by Gasteiger charge is -2.16. The Labute approximate surface area is 198 Å². The van der Waals surface area contributed by atoms with Gasteiger partial charge in [-0.1, -0.05) is 44.9 Å². The van der Waals surface area contributed by atoms with Crippen LogP contribution in [0.4, 0.5) is 0 Å². The number of carbonyl (C=O) groups is 2. The molecule has 0 saturated heterocycles. The van der Waals surface area contributed by atoms with Crippen molar-refractivity contribution in [1.29, 1.82) is 0 Å². The molecule has 1 aromatic heterocycles. The summed E-state index contributed by atoms with van der Waals surface area (Å²) < 4.78 is 11.3. The van der Waals surface area contributed by atoms with Crippen molar-refractivity contribution in [3.8, 4) is 11.5 Å². The number of aliphatic hydroxyl groups is 1. The number of carbonyl (C=O) groups excluding carboxylic acids is 2. The number of hydrogen-bond acceptors (Lipinski definition) is 8. The summed E-state index contributed by atoms with van der Waals surface area (Å²) in [6.45, 7) is 4.89. The number of phenolic OH excluding ortho intramolecular Hbond substituents is 1. The minimum absolute atomic E-state index is 0.00883. The number of ether oxygens (including phenoxy) is 1. The molecule has 0 amide bonds. The molecule has 0 spiro atoms. The van der Waals surface area contributed by atoms with Gasteiger partial charge >= 0.3 is 5.97 Å². The second-order valence-corrected chi connectivity index (χ2v) is 8.06. The Bertz CT molecular complexity index is 1150. The maximum Gasteiger partial charge on any atom is 0.407 e. The standard InChI is InChI=1S/C26H30O8/c1-4-7-17-9-6-10-18-13-23(33-25(17)18)26(30)34-32-15-19(28)14-31-22-12-11-20(16(3)27)24(29)21(22)8-5-2/h6,9-13,19,28-29H,4-5,7-8,14-15H2,1-3H3. The van der Waals surface area contributed by atoms with Gasteiger partial charge in [0.15, 0.2) is 5.78 Å². The van der Waals surface area contributed by atoms with Gasteiger partial charge in [0.05, 0.1) is 5.56 Å². The molecule has 8 nitrogen and oxygen atoms in total. The minimum Gasteiger partial charge on any atom is -0.507 e. The fraction of sp³-hybridized carbons (Fsp3) is 0.385. The molecular weight excluding hydrogens is 440 g/mol. The van der Waals surface area contributed by atoms with Crippen molar-refractivity contribution >= 4 is 22.7 Å². The van der Waals surface area contributed by atoms with Crippen molar-refractivity contribution in [3.05, 3.63) is 58.8 Å². The van der Waals surface area contributed by atoms with Gasteiger partial charge < -0.3 is 19.4 Å². The SMILES string of the molecule is CCCc1c(OCC(O)COOC(=O)c2cc3cccc(CCC)c3o2)ccc(C(C)=O)c1O. The molecule has 1 heterocycles. The number of furan rings is 1. The van der Waals surface area contributed by atoms with Crippen LogP contribution in [0.5, 0.6) is 11.5 Å². The van der Waals surface area contributed by atoms with Crippen molar-refractivity contribution in [2.24, 2.45) is 0 Å². The fourth-order valence-corrected chi connectivity index (χ4v) is 3.66. The molecule has 182 valence electrons. The third kappa shape index (κ3) is 5.95. The van der Waals surface area contributed by atoms with Crippen LogP contribution >= 0.6 is 0 Å². The average molecular weight is 471 g/mol. The van der Waals surface area contributed by atoms with Crippen LogP contribution in [0.15, 0.2) is 40.8 Å². The maximum atomic E-state index is 12.3. The van der Waals surface area contributed by atoms with Crippen LogP contribution in [-0.2, 0) is 22.6 Å². The molecule has 0 radical (unpaired) electrons. The van der Waals surface area contributed by atoms with Crippen LogP contribution in [0.3, 0.4) is 0 Å².